The minimum Gasteiger partial charge on any atom is -0.492 e. The quantitative estimate of drug-likeness (QED) is 0.235. The van der Waals surface area contributed by atoms with Crippen LogP contribution in [-0.2, 0) is 0 Å². The molecule has 0 aliphatic carbocycles. The molecule has 8 heteroatoms. The van der Waals surface area contributed by atoms with E-state index in [0.717, 1.165) is 63.4 Å². The lowest BCUT2D eigenvalue weighted by molar-refractivity contribution is 0.261. The van der Waals surface area contributed by atoms with Crippen LogP contribution in [0.15, 0.2) is 85.2 Å². The van der Waals surface area contributed by atoms with E-state index in [1.54, 1.807) is 0 Å². The predicted octanol–water partition coefficient (Wildman–Crippen LogP) is 5.40. The van der Waals surface area contributed by atoms with Crippen LogP contribution in [0.3, 0.4) is 0 Å². The molecule has 0 radical (unpaired) electrons. The number of pyridine rings is 2. The highest BCUT2D eigenvalue weighted by molar-refractivity contribution is 5.85. The summed E-state index contributed by atoms with van der Waals surface area (Å²) < 4.78 is 16.0. The van der Waals surface area contributed by atoms with E-state index in [0.29, 0.717) is 18.9 Å². The van der Waals surface area contributed by atoms with Gasteiger partial charge in [-0.3, -0.25) is 0 Å². The molecule has 0 atom stereocenters. The number of nitrogens with zero attached hydrogens (tertiary/aromatic N) is 6. The number of likely N-dealkylation sites (N-methyl/N-ethyl adjacent to an activating group) is 2. The lowest BCUT2D eigenvalue weighted by Gasteiger charge is -2.12. The van der Waals surface area contributed by atoms with Crippen LogP contribution in [0.25, 0.3) is 44.5 Å². The second kappa shape index (κ2) is 11.0. The van der Waals surface area contributed by atoms with Gasteiger partial charge in [0.05, 0.1) is 11.0 Å². The first kappa shape index (κ1) is 25.9. The van der Waals surface area contributed by atoms with E-state index in [2.05, 4.69) is 67.5 Å². The van der Waals surface area contributed by atoms with Gasteiger partial charge in [0.2, 0.25) is 0 Å². The second-order valence-electron chi connectivity index (χ2n) is 10.5. The SMILES string of the molecule is CN(C)CCOc1ccc2c(ccn2-c2ccc3ccc(-n4ccc5cc(OCCN(C)C)ccc54)nc3n2)c1. The van der Waals surface area contributed by atoms with Crippen LogP contribution in [0.1, 0.15) is 0 Å². The molecule has 8 nitrogen and oxygen atoms in total. The monoisotopic (exact) mass is 534 g/mol. The molecular formula is C32H34N6O2. The van der Waals surface area contributed by atoms with Gasteiger partial charge in [-0.25, -0.2) is 9.97 Å². The van der Waals surface area contributed by atoms with Crippen molar-refractivity contribution in [1.82, 2.24) is 28.9 Å². The Morgan fingerprint density at radius 3 is 1.50 bits per heavy atom. The third-order valence-corrected chi connectivity index (χ3v) is 6.95. The van der Waals surface area contributed by atoms with Crippen LogP contribution in [0.4, 0.5) is 0 Å². The summed E-state index contributed by atoms with van der Waals surface area (Å²) in [4.78, 5) is 14.1. The van der Waals surface area contributed by atoms with E-state index in [9.17, 15) is 0 Å². The first-order chi connectivity index (χ1) is 19.4. The van der Waals surface area contributed by atoms with Crippen LogP contribution in [0.5, 0.6) is 11.5 Å². The molecule has 0 saturated carbocycles. The number of ether oxygens (including phenoxy) is 2. The first-order valence-corrected chi connectivity index (χ1v) is 13.5. The van der Waals surface area contributed by atoms with Crippen LogP contribution in [-0.4, -0.2) is 83.4 Å². The highest BCUT2D eigenvalue weighted by atomic mass is 16.5. The van der Waals surface area contributed by atoms with E-state index in [1.165, 1.54) is 0 Å². The Bertz CT molecular complexity index is 1660. The zero-order valence-electron chi connectivity index (χ0n) is 23.4. The Morgan fingerprint density at radius 1 is 0.575 bits per heavy atom. The van der Waals surface area contributed by atoms with Crippen molar-refractivity contribution in [2.75, 3.05) is 54.5 Å². The Morgan fingerprint density at radius 2 is 1.05 bits per heavy atom. The van der Waals surface area contributed by atoms with E-state index < -0.39 is 0 Å². The molecule has 6 aromatic rings. The zero-order chi connectivity index (χ0) is 27.6. The molecule has 2 aromatic carbocycles. The molecule has 0 amide bonds. The van der Waals surface area contributed by atoms with Crippen molar-refractivity contribution in [3.05, 3.63) is 85.2 Å². The average molecular weight is 535 g/mol. The highest BCUT2D eigenvalue weighted by Gasteiger charge is 2.11. The molecule has 0 spiro atoms. The van der Waals surface area contributed by atoms with Crippen LogP contribution in [0, 0.1) is 0 Å². The number of rotatable bonds is 10. The fraction of sp³-hybridized carbons (Fsp3) is 0.250. The molecule has 0 unspecified atom stereocenters. The zero-order valence-corrected chi connectivity index (χ0v) is 23.4. The van der Waals surface area contributed by atoms with Crippen LogP contribution in [0.2, 0.25) is 0 Å². The number of hydrogen-bond donors (Lipinski definition) is 0. The molecule has 0 fully saturated rings. The minimum atomic E-state index is 0.655. The number of hydrogen-bond acceptors (Lipinski definition) is 6. The van der Waals surface area contributed by atoms with Crippen molar-refractivity contribution >= 4 is 32.8 Å². The second-order valence-corrected chi connectivity index (χ2v) is 10.5. The molecule has 4 heterocycles. The summed E-state index contributed by atoms with van der Waals surface area (Å²) >= 11 is 0. The van der Waals surface area contributed by atoms with E-state index >= 15 is 0 Å². The summed E-state index contributed by atoms with van der Waals surface area (Å²) in [5.74, 6) is 3.39. The topological polar surface area (TPSA) is 60.6 Å². The van der Waals surface area contributed by atoms with Crippen molar-refractivity contribution in [3.63, 3.8) is 0 Å². The van der Waals surface area contributed by atoms with Gasteiger partial charge in [0.1, 0.15) is 36.3 Å². The van der Waals surface area contributed by atoms with Crippen molar-refractivity contribution in [3.8, 4) is 23.1 Å². The van der Waals surface area contributed by atoms with E-state index in [1.807, 2.05) is 64.8 Å². The Kier molecular flexibility index (Phi) is 7.11. The van der Waals surface area contributed by atoms with Gasteiger partial charge in [-0.2, -0.15) is 0 Å². The van der Waals surface area contributed by atoms with Crippen molar-refractivity contribution in [2.24, 2.45) is 0 Å². The molecule has 0 N–H and O–H groups in total. The third kappa shape index (κ3) is 5.36. The van der Waals surface area contributed by atoms with Crippen molar-refractivity contribution in [2.45, 2.75) is 0 Å². The maximum atomic E-state index is 5.92. The number of aromatic nitrogens is 4. The standard InChI is InChI=1S/C32H34N6O2/c1-35(2)17-19-39-26-7-9-28-24(21-26)13-15-37(28)30-11-5-23-6-12-31(34-32(23)33-30)38-16-14-25-22-27(8-10-29(25)38)40-20-18-36(3)4/h5-16,21-22H,17-20H2,1-4H3. The Hall–Kier alpha value is -4.40. The molecule has 0 saturated heterocycles. The maximum absolute atomic E-state index is 5.92. The third-order valence-electron chi connectivity index (χ3n) is 6.95. The normalized spacial score (nSPS) is 11.8. The molecular weight excluding hydrogens is 500 g/mol. The first-order valence-electron chi connectivity index (χ1n) is 13.5. The molecule has 4 aromatic heterocycles. The van der Waals surface area contributed by atoms with E-state index in [4.69, 9.17) is 19.4 Å². The summed E-state index contributed by atoms with van der Waals surface area (Å²) in [5.41, 5.74) is 2.84. The number of fused-ring (bicyclic) bond motifs is 3. The number of benzene rings is 2. The highest BCUT2D eigenvalue weighted by Crippen LogP contribution is 2.27. The molecule has 40 heavy (non-hydrogen) atoms. The van der Waals surface area contributed by atoms with Crippen molar-refractivity contribution in [1.29, 1.82) is 0 Å². The largest absolute Gasteiger partial charge is 0.492 e. The molecule has 0 aliphatic rings. The van der Waals surface area contributed by atoms with Gasteiger partial charge >= 0.3 is 0 Å². The maximum Gasteiger partial charge on any atom is 0.163 e. The van der Waals surface area contributed by atoms with Crippen LogP contribution < -0.4 is 9.47 Å². The molecule has 6 rings (SSSR count). The van der Waals surface area contributed by atoms with Gasteiger partial charge in [0.15, 0.2) is 5.65 Å². The summed E-state index contributed by atoms with van der Waals surface area (Å²) in [6, 6.07) is 24.8. The van der Waals surface area contributed by atoms with Gasteiger partial charge in [0.25, 0.3) is 0 Å². The van der Waals surface area contributed by atoms with Crippen molar-refractivity contribution < 1.29 is 9.47 Å². The fourth-order valence-corrected chi connectivity index (χ4v) is 4.76. The van der Waals surface area contributed by atoms with E-state index in [-0.39, 0.29) is 0 Å². The van der Waals surface area contributed by atoms with Gasteiger partial charge < -0.3 is 28.4 Å². The molecule has 204 valence electrons. The van der Waals surface area contributed by atoms with Gasteiger partial charge in [0, 0.05) is 41.6 Å². The summed E-state index contributed by atoms with van der Waals surface area (Å²) in [6.45, 7) is 3.06. The summed E-state index contributed by atoms with van der Waals surface area (Å²) in [6.07, 6.45) is 4.09. The van der Waals surface area contributed by atoms with Gasteiger partial charge in [-0.05, 0) is 101 Å². The van der Waals surface area contributed by atoms with Crippen LogP contribution >= 0.6 is 0 Å². The average Bonchev–Trinajstić information content (AvgIpc) is 3.56. The fourth-order valence-electron chi connectivity index (χ4n) is 4.76. The summed E-state index contributed by atoms with van der Waals surface area (Å²) in [5, 5.41) is 3.21. The smallest absolute Gasteiger partial charge is 0.163 e. The summed E-state index contributed by atoms with van der Waals surface area (Å²) in [7, 11) is 8.17. The van der Waals surface area contributed by atoms with Gasteiger partial charge in [-0.15, -0.1) is 0 Å². The molecule has 0 aliphatic heterocycles. The lowest BCUT2D eigenvalue weighted by Crippen LogP contribution is -2.19. The Balaban J connectivity index is 1.27. The Labute approximate surface area is 234 Å². The lowest BCUT2D eigenvalue weighted by atomic mass is 10.2. The predicted molar refractivity (Wildman–Crippen MR) is 161 cm³/mol. The molecule has 0 bridgehead atoms. The van der Waals surface area contributed by atoms with Gasteiger partial charge in [-0.1, -0.05) is 0 Å². The minimum absolute atomic E-state index is 0.655.